The second-order valence-corrected chi connectivity index (χ2v) is 10.7. The van der Waals surface area contributed by atoms with Crippen molar-refractivity contribution in [2.45, 2.75) is 31.8 Å². The first kappa shape index (κ1) is 25.1. The molecule has 0 atom stereocenters. The van der Waals surface area contributed by atoms with Crippen LogP contribution in [0.15, 0.2) is 72.9 Å². The van der Waals surface area contributed by atoms with Gasteiger partial charge in [-0.2, -0.15) is 10.4 Å². The molecule has 0 bridgehead atoms. The number of nitrogens with zero attached hydrogens (tertiary/aromatic N) is 5. The maximum atomic E-state index is 11.0. The Morgan fingerprint density at radius 1 is 1.05 bits per heavy atom. The molecule has 0 saturated carbocycles. The fourth-order valence-corrected chi connectivity index (χ4v) is 5.63. The van der Waals surface area contributed by atoms with E-state index in [-0.39, 0.29) is 0 Å². The van der Waals surface area contributed by atoms with Gasteiger partial charge in [-0.3, -0.25) is 4.98 Å². The zero-order valence-corrected chi connectivity index (χ0v) is 22.4. The van der Waals surface area contributed by atoms with Crippen LogP contribution in [0.1, 0.15) is 30.5 Å². The molecule has 0 spiro atoms. The Morgan fingerprint density at radius 3 is 2.69 bits per heavy atom. The number of hydrogen-bond donors (Lipinski definition) is 2. The molecule has 1 fully saturated rings. The van der Waals surface area contributed by atoms with Crippen LogP contribution in [0.3, 0.4) is 0 Å². The van der Waals surface area contributed by atoms with E-state index in [2.05, 4.69) is 58.6 Å². The van der Waals surface area contributed by atoms with Crippen molar-refractivity contribution in [2.24, 2.45) is 0 Å². The highest BCUT2D eigenvalue weighted by Crippen LogP contribution is 2.34. The van der Waals surface area contributed by atoms with Crippen LogP contribution in [0.5, 0.6) is 0 Å². The number of pyridine rings is 1. The van der Waals surface area contributed by atoms with Crippen LogP contribution in [0, 0.1) is 18.3 Å². The Labute approximate surface area is 228 Å². The number of aromatic nitrogens is 3. The van der Waals surface area contributed by atoms with Crippen molar-refractivity contribution in [3.63, 3.8) is 0 Å². The van der Waals surface area contributed by atoms with Crippen molar-refractivity contribution in [1.29, 1.82) is 5.26 Å². The SMILES string of the molecule is Cc1nn(-c2ccc(C#N)c(NCCC3(O)CCN(C)CC3)c2)c2cccc(-c3cnc4ccccc4c3)c12. The highest BCUT2D eigenvalue weighted by Gasteiger charge is 2.30. The minimum absolute atomic E-state index is 0.574. The Kier molecular flexibility index (Phi) is 6.51. The van der Waals surface area contributed by atoms with Gasteiger partial charge < -0.3 is 15.3 Å². The van der Waals surface area contributed by atoms with Crippen LogP contribution in [0.4, 0.5) is 5.69 Å². The van der Waals surface area contributed by atoms with Gasteiger partial charge in [-0.1, -0.05) is 30.3 Å². The van der Waals surface area contributed by atoms with Crippen molar-refractivity contribution in [1.82, 2.24) is 19.7 Å². The van der Waals surface area contributed by atoms with Crippen molar-refractivity contribution in [2.75, 3.05) is 32.0 Å². The van der Waals surface area contributed by atoms with E-state index < -0.39 is 5.60 Å². The first-order valence-corrected chi connectivity index (χ1v) is 13.5. The van der Waals surface area contributed by atoms with Crippen LogP contribution >= 0.6 is 0 Å². The number of nitriles is 1. The highest BCUT2D eigenvalue weighted by molar-refractivity contribution is 5.99. The summed E-state index contributed by atoms with van der Waals surface area (Å²) in [4.78, 5) is 6.92. The fourth-order valence-electron chi connectivity index (χ4n) is 5.63. The van der Waals surface area contributed by atoms with Gasteiger partial charge in [-0.25, -0.2) is 4.68 Å². The van der Waals surface area contributed by atoms with Crippen LogP contribution < -0.4 is 5.32 Å². The maximum absolute atomic E-state index is 11.0. The lowest BCUT2D eigenvalue weighted by molar-refractivity contribution is -0.0194. The van der Waals surface area contributed by atoms with Gasteiger partial charge in [0, 0.05) is 42.2 Å². The van der Waals surface area contributed by atoms with E-state index in [0.29, 0.717) is 18.5 Å². The number of piperidine rings is 1. The molecule has 2 aromatic heterocycles. The lowest BCUT2D eigenvalue weighted by Gasteiger charge is -2.36. The number of rotatable bonds is 6. The zero-order valence-electron chi connectivity index (χ0n) is 22.4. The Bertz CT molecular complexity index is 1710. The predicted molar refractivity (Wildman–Crippen MR) is 156 cm³/mol. The Morgan fingerprint density at radius 2 is 1.87 bits per heavy atom. The van der Waals surface area contributed by atoms with E-state index >= 15 is 0 Å². The molecule has 5 aromatic rings. The number of aliphatic hydroxyl groups is 1. The first-order chi connectivity index (χ1) is 18.9. The van der Waals surface area contributed by atoms with Gasteiger partial charge in [-0.05, 0) is 75.2 Å². The summed E-state index contributed by atoms with van der Waals surface area (Å²) >= 11 is 0. The number of para-hydroxylation sites is 1. The highest BCUT2D eigenvalue weighted by atomic mass is 16.3. The van der Waals surface area contributed by atoms with Crippen LogP contribution in [0.2, 0.25) is 0 Å². The summed E-state index contributed by atoms with van der Waals surface area (Å²) in [5, 5.41) is 31.2. The second kappa shape index (κ2) is 10.1. The standard InChI is InChI=1S/C32H32N6O/c1-22-31-27(25-18-23-6-3-4-8-28(23)35-21-25)7-5-9-30(31)38(36-22)26-11-10-24(20-33)29(19-26)34-15-12-32(39)13-16-37(2)17-14-32/h3-11,18-19,21,34,39H,12-17H2,1-2H3. The first-order valence-electron chi connectivity index (χ1n) is 13.5. The molecular formula is C32H32N6O. The molecule has 3 heterocycles. The molecule has 7 heteroatoms. The van der Waals surface area contributed by atoms with Gasteiger partial charge in [0.15, 0.2) is 0 Å². The largest absolute Gasteiger partial charge is 0.390 e. The Hall–Kier alpha value is -4.25. The summed E-state index contributed by atoms with van der Waals surface area (Å²) < 4.78 is 1.94. The second-order valence-electron chi connectivity index (χ2n) is 10.7. The number of likely N-dealkylation sites (tertiary alicyclic amines) is 1. The average molecular weight is 517 g/mol. The summed E-state index contributed by atoms with van der Waals surface area (Å²) in [5.74, 6) is 0. The molecule has 0 unspecified atom stereocenters. The third-order valence-electron chi connectivity index (χ3n) is 7.98. The molecule has 39 heavy (non-hydrogen) atoms. The van der Waals surface area contributed by atoms with E-state index in [9.17, 15) is 10.4 Å². The lowest BCUT2D eigenvalue weighted by atomic mass is 9.88. The maximum Gasteiger partial charge on any atom is 0.101 e. The molecule has 1 saturated heterocycles. The molecule has 1 aliphatic heterocycles. The monoisotopic (exact) mass is 516 g/mol. The summed E-state index contributed by atoms with van der Waals surface area (Å²) in [6, 6.07) is 24.6. The van der Waals surface area contributed by atoms with Gasteiger partial charge in [0.05, 0.1) is 39.3 Å². The molecular weight excluding hydrogens is 484 g/mol. The number of benzene rings is 3. The third-order valence-corrected chi connectivity index (χ3v) is 7.98. The van der Waals surface area contributed by atoms with Crippen molar-refractivity contribution < 1.29 is 5.11 Å². The average Bonchev–Trinajstić information content (AvgIpc) is 3.31. The van der Waals surface area contributed by atoms with Crippen molar-refractivity contribution in [3.05, 3.63) is 84.2 Å². The number of nitrogens with one attached hydrogen (secondary N) is 1. The number of aryl methyl sites for hydroxylation is 1. The summed E-state index contributed by atoms with van der Waals surface area (Å²) in [7, 11) is 2.09. The number of fused-ring (bicyclic) bond motifs is 2. The van der Waals surface area contributed by atoms with Gasteiger partial charge >= 0.3 is 0 Å². The molecule has 0 amide bonds. The van der Waals surface area contributed by atoms with E-state index in [4.69, 9.17) is 5.10 Å². The normalized spacial score (nSPS) is 15.4. The quantitative estimate of drug-likeness (QED) is 0.302. The number of hydrogen-bond acceptors (Lipinski definition) is 6. The molecule has 0 aliphatic carbocycles. The molecule has 7 nitrogen and oxygen atoms in total. The van der Waals surface area contributed by atoms with Gasteiger partial charge in [0.2, 0.25) is 0 Å². The van der Waals surface area contributed by atoms with Gasteiger partial charge in [0.1, 0.15) is 6.07 Å². The topological polar surface area (TPSA) is 90.0 Å². The van der Waals surface area contributed by atoms with E-state index in [1.54, 1.807) is 0 Å². The lowest BCUT2D eigenvalue weighted by Crippen LogP contribution is -2.43. The number of anilines is 1. The summed E-state index contributed by atoms with van der Waals surface area (Å²) in [5.41, 5.74) is 6.58. The zero-order chi connectivity index (χ0) is 27.0. The molecule has 1 aliphatic rings. The smallest absolute Gasteiger partial charge is 0.101 e. The van der Waals surface area contributed by atoms with Crippen LogP contribution in [-0.2, 0) is 0 Å². The van der Waals surface area contributed by atoms with Crippen molar-refractivity contribution in [3.8, 4) is 22.9 Å². The molecule has 6 rings (SSSR count). The third kappa shape index (κ3) is 4.85. The summed E-state index contributed by atoms with van der Waals surface area (Å²) in [6.45, 7) is 4.43. The van der Waals surface area contributed by atoms with E-state index in [0.717, 1.165) is 75.9 Å². The van der Waals surface area contributed by atoms with Gasteiger partial charge in [0.25, 0.3) is 0 Å². The fraction of sp³-hybridized carbons (Fsp3) is 0.281. The Balaban J connectivity index is 1.32. The molecule has 2 N–H and O–H groups in total. The van der Waals surface area contributed by atoms with Crippen LogP contribution in [0.25, 0.3) is 38.6 Å². The molecule has 3 aromatic carbocycles. The van der Waals surface area contributed by atoms with E-state index in [1.165, 1.54) is 0 Å². The predicted octanol–water partition coefficient (Wildman–Crippen LogP) is 5.68. The van der Waals surface area contributed by atoms with Gasteiger partial charge in [-0.15, -0.1) is 0 Å². The minimum atomic E-state index is -0.659. The van der Waals surface area contributed by atoms with Crippen LogP contribution in [-0.4, -0.2) is 57.1 Å². The molecule has 196 valence electrons. The van der Waals surface area contributed by atoms with E-state index in [1.807, 2.05) is 54.2 Å². The molecule has 0 radical (unpaired) electrons. The summed E-state index contributed by atoms with van der Waals surface area (Å²) in [6.07, 6.45) is 4.10. The minimum Gasteiger partial charge on any atom is -0.390 e. The van der Waals surface area contributed by atoms with Crippen molar-refractivity contribution >= 4 is 27.5 Å².